The third kappa shape index (κ3) is 6.99. The van der Waals surface area contributed by atoms with Gasteiger partial charge < -0.3 is 25.2 Å². The normalized spacial score (nSPS) is 33.0. The molecule has 0 aromatic carbocycles. The van der Waals surface area contributed by atoms with E-state index in [-0.39, 0.29) is 5.41 Å². The number of hydrogen-bond acceptors (Lipinski definition) is 5. The lowest BCUT2D eigenvalue weighted by atomic mass is 9.72. The molecule has 1 unspecified atom stereocenters. The third-order valence-electron chi connectivity index (χ3n) is 6.44. The summed E-state index contributed by atoms with van der Waals surface area (Å²) in [5.41, 5.74) is 5.34. The van der Waals surface area contributed by atoms with Gasteiger partial charge in [-0.2, -0.15) is 0 Å². The van der Waals surface area contributed by atoms with Gasteiger partial charge in [0.25, 0.3) is 0 Å². The molecule has 0 radical (unpaired) electrons. The Morgan fingerprint density at radius 2 is 1.71 bits per heavy atom. The number of rotatable bonds is 7. The maximum atomic E-state index is 10.1. The number of allylic oxidation sites excluding steroid dienone is 9. The second kappa shape index (κ2) is 11.4. The summed E-state index contributed by atoms with van der Waals surface area (Å²) in [6.07, 6.45) is 11.1. The van der Waals surface area contributed by atoms with Gasteiger partial charge in [-0.15, -0.1) is 0 Å². The summed E-state index contributed by atoms with van der Waals surface area (Å²) in [5, 5.41) is 39.1. The first-order chi connectivity index (χ1) is 14.6. The highest BCUT2D eigenvalue weighted by atomic mass is 16.5. The van der Waals surface area contributed by atoms with Crippen molar-refractivity contribution in [3.05, 3.63) is 58.7 Å². The number of aliphatic hydroxyl groups is 4. The average molecular weight is 433 g/mol. The van der Waals surface area contributed by atoms with Gasteiger partial charge in [0.2, 0.25) is 0 Å². The fraction of sp³-hybridized carbons (Fsp3) is 0.615. The van der Waals surface area contributed by atoms with Crippen molar-refractivity contribution in [3.8, 4) is 0 Å². The maximum absolute atomic E-state index is 10.1. The molecule has 0 aromatic rings. The summed E-state index contributed by atoms with van der Waals surface area (Å²) in [6.45, 7) is 10.5. The van der Waals surface area contributed by atoms with Crippen LogP contribution in [0.25, 0.3) is 0 Å². The standard InChI is InChI=1S/C26H40O5/c1-17(11-13-20-19(3)10-7-15-26(20,4)5)8-6-9-18(2)12-14-21-23(28)25(30)24(29)22(16-27)31-21/h6,8-9,11-13,21-25,27-30H,7,10,14-16H2,1-5H3/b9-6+,13-11+,17-8-,18-12-/t21?,22-,23+,24-,25-/m1/s1. The van der Waals surface area contributed by atoms with Crippen LogP contribution in [0.15, 0.2) is 58.7 Å². The predicted molar refractivity (Wildman–Crippen MR) is 125 cm³/mol. The van der Waals surface area contributed by atoms with Crippen LogP contribution in [0.3, 0.4) is 0 Å². The molecule has 5 heteroatoms. The molecule has 2 rings (SSSR count). The fourth-order valence-corrected chi connectivity index (χ4v) is 4.38. The molecule has 174 valence electrons. The molecule has 0 bridgehead atoms. The van der Waals surface area contributed by atoms with E-state index in [0.717, 1.165) is 5.57 Å². The van der Waals surface area contributed by atoms with E-state index >= 15 is 0 Å². The summed E-state index contributed by atoms with van der Waals surface area (Å²) in [7, 11) is 0. The summed E-state index contributed by atoms with van der Waals surface area (Å²) < 4.78 is 5.53. The van der Waals surface area contributed by atoms with Gasteiger partial charge in [0, 0.05) is 0 Å². The van der Waals surface area contributed by atoms with Gasteiger partial charge in [0.15, 0.2) is 0 Å². The molecule has 31 heavy (non-hydrogen) atoms. The van der Waals surface area contributed by atoms with E-state index in [2.05, 4.69) is 45.9 Å². The Morgan fingerprint density at radius 1 is 1.03 bits per heavy atom. The van der Waals surface area contributed by atoms with Gasteiger partial charge in [-0.25, -0.2) is 0 Å². The van der Waals surface area contributed by atoms with E-state index in [1.807, 2.05) is 25.2 Å². The van der Waals surface area contributed by atoms with Crippen LogP contribution < -0.4 is 0 Å². The summed E-state index contributed by atoms with van der Waals surface area (Å²) in [4.78, 5) is 0. The number of hydrogen-bond donors (Lipinski definition) is 4. The lowest BCUT2D eigenvalue weighted by Gasteiger charge is -2.39. The minimum Gasteiger partial charge on any atom is -0.394 e. The Hall–Kier alpha value is -1.50. The molecular weight excluding hydrogens is 392 g/mol. The van der Waals surface area contributed by atoms with Crippen molar-refractivity contribution in [1.82, 2.24) is 0 Å². The average Bonchev–Trinajstić information content (AvgIpc) is 2.70. The zero-order chi connectivity index (χ0) is 23.2. The largest absolute Gasteiger partial charge is 0.394 e. The van der Waals surface area contributed by atoms with Crippen molar-refractivity contribution in [2.75, 3.05) is 6.61 Å². The second-order valence-electron chi connectivity index (χ2n) is 9.59. The topological polar surface area (TPSA) is 90.2 Å². The van der Waals surface area contributed by atoms with E-state index in [1.165, 1.54) is 36.0 Å². The molecule has 5 nitrogen and oxygen atoms in total. The molecule has 0 aromatic heterocycles. The molecule has 1 fully saturated rings. The molecule has 2 aliphatic rings. The van der Waals surface area contributed by atoms with Crippen LogP contribution in [0, 0.1) is 5.41 Å². The van der Waals surface area contributed by atoms with Gasteiger partial charge in [-0.1, -0.05) is 67.0 Å². The Morgan fingerprint density at radius 3 is 2.35 bits per heavy atom. The lowest BCUT2D eigenvalue weighted by molar-refractivity contribution is -0.228. The van der Waals surface area contributed by atoms with Crippen molar-refractivity contribution >= 4 is 0 Å². The Bertz CT molecular complexity index is 754. The molecule has 0 spiro atoms. The lowest BCUT2D eigenvalue weighted by Crippen LogP contribution is -2.58. The SMILES string of the molecule is CC1=C(/C=C/C(C)=C\C=C\C(C)=C/CC2O[C@H](CO)[C@@H](O)[C@H](O)[C@H]2O)C(C)(C)CCC1. The first-order valence-electron chi connectivity index (χ1n) is 11.3. The highest BCUT2D eigenvalue weighted by molar-refractivity contribution is 5.37. The van der Waals surface area contributed by atoms with Crippen LogP contribution >= 0.6 is 0 Å². The highest BCUT2D eigenvalue weighted by Gasteiger charge is 2.42. The molecular formula is C26H40O5. The van der Waals surface area contributed by atoms with Crippen LogP contribution in [0.5, 0.6) is 0 Å². The molecule has 1 saturated heterocycles. The minimum absolute atomic E-state index is 0.235. The molecule has 1 heterocycles. The first-order valence-corrected chi connectivity index (χ1v) is 11.3. The van der Waals surface area contributed by atoms with Crippen molar-refractivity contribution in [3.63, 3.8) is 0 Å². The smallest absolute Gasteiger partial charge is 0.111 e. The predicted octanol–water partition coefficient (Wildman–Crippen LogP) is 3.75. The third-order valence-corrected chi connectivity index (χ3v) is 6.44. The minimum atomic E-state index is -1.33. The Kier molecular flexibility index (Phi) is 9.46. The van der Waals surface area contributed by atoms with Crippen molar-refractivity contribution < 1.29 is 25.2 Å². The van der Waals surface area contributed by atoms with Gasteiger partial charge in [-0.05, 0) is 57.4 Å². The van der Waals surface area contributed by atoms with E-state index < -0.39 is 37.1 Å². The number of ether oxygens (including phenoxy) is 1. The van der Waals surface area contributed by atoms with Crippen molar-refractivity contribution in [2.45, 2.75) is 90.8 Å². The van der Waals surface area contributed by atoms with E-state index in [4.69, 9.17) is 4.74 Å². The van der Waals surface area contributed by atoms with Crippen LogP contribution in [0.1, 0.15) is 60.3 Å². The van der Waals surface area contributed by atoms with Gasteiger partial charge in [0.1, 0.15) is 24.4 Å². The van der Waals surface area contributed by atoms with E-state index in [1.54, 1.807) is 0 Å². The summed E-state index contributed by atoms with van der Waals surface area (Å²) in [6, 6.07) is 0. The molecule has 4 N–H and O–H groups in total. The Balaban J connectivity index is 1.95. The fourth-order valence-electron chi connectivity index (χ4n) is 4.38. The van der Waals surface area contributed by atoms with Gasteiger partial charge >= 0.3 is 0 Å². The highest BCUT2D eigenvalue weighted by Crippen LogP contribution is 2.40. The molecule has 5 atom stereocenters. The van der Waals surface area contributed by atoms with Crippen LogP contribution in [0.4, 0.5) is 0 Å². The number of aliphatic hydroxyl groups excluding tert-OH is 4. The van der Waals surface area contributed by atoms with E-state index in [0.29, 0.717) is 6.42 Å². The summed E-state index contributed by atoms with van der Waals surface area (Å²) in [5.74, 6) is 0. The van der Waals surface area contributed by atoms with E-state index in [9.17, 15) is 20.4 Å². The van der Waals surface area contributed by atoms with Crippen molar-refractivity contribution in [1.29, 1.82) is 0 Å². The molecule has 0 saturated carbocycles. The molecule has 1 aliphatic heterocycles. The van der Waals surface area contributed by atoms with Crippen LogP contribution in [-0.2, 0) is 4.74 Å². The maximum Gasteiger partial charge on any atom is 0.111 e. The summed E-state index contributed by atoms with van der Waals surface area (Å²) >= 11 is 0. The second-order valence-corrected chi connectivity index (χ2v) is 9.59. The zero-order valence-corrected chi connectivity index (χ0v) is 19.6. The van der Waals surface area contributed by atoms with Crippen molar-refractivity contribution in [2.24, 2.45) is 5.41 Å². The molecule has 0 amide bonds. The van der Waals surface area contributed by atoms with Gasteiger partial charge in [-0.3, -0.25) is 0 Å². The van der Waals surface area contributed by atoms with Crippen LogP contribution in [-0.4, -0.2) is 57.6 Å². The zero-order valence-electron chi connectivity index (χ0n) is 19.6. The monoisotopic (exact) mass is 432 g/mol. The first kappa shape index (κ1) is 25.8. The van der Waals surface area contributed by atoms with Crippen LogP contribution in [0.2, 0.25) is 0 Å². The quantitative estimate of drug-likeness (QED) is 0.460. The van der Waals surface area contributed by atoms with Gasteiger partial charge in [0.05, 0.1) is 12.7 Å². The Labute approximate surface area is 187 Å². The molecule has 1 aliphatic carbocycles.